The van der Waals surface area contributed by atoms with Crippen LogP contribution in [0.25, 0.3) is 0 Å². The zero-order valence-corrected chi connectivity index (χ0v) is 8.67. The highest BCUT2D eigenvalue weighted by Crippen LogP contribution is 2.09. The van der Waals surface area contributed by atoms with Gasteiger partial charge in [0.15, 0.2) is 5.78 Å². The van der Waals surface area contributed by atoms with Crippen molar-refractivity contribution in [2.75, 3.05) is 20.6 Å². The van der Waals surface area contributed by atoms with Crippen LogP contribution in [0, 0.1) is 12.7 Å². The van der Waals surface area contributed by atoms with Crippen molar-refractivity contribution in [1.82, 2.24) is 4.90 Å². The molecule has 0 heterocycles. The molecule has 1 rings (SSSR count). The van der Waals surface area contributed by atoms with Crippen LogP contribution in [0.4, 0.5) is 4.39 Å². The van der Waals surface area contributed by atoms with Crippen LogP contribution in [0.3, 0.4) is 0 Å². The van der Waals surface area contributed by atoms with Gasteiger partial charge >= 0.3 is 0 Å². The van der Waals surface area contributed by atoms with E-state index < -0.39 is 0 Å². The third-order valence-corrected chi connectivity index (χ3v) is 1.95. The lowest BCUT2D eigenvalue weighted by molar-refractivity contribution is 0.0957. The summed E-state index contributed by atoms with van der Waals surface area (Å²) in [5.41, 5.74) is 0.994. The van der Waals surface area contributed by atoms with Crippen molar-refractivity contribution in [3.63, 3.8) is 0 Å². The number of ketones is 1. The van der Waals surface area contributed by atoms with E-state index in [4.69, 9.17) is 0 Å². The molecule has 0 saturated heterocycles. The van der Waals surface area contributed by atoms with E-state index in [-0.39, 0.29) is 11.6 Å². The van der Waals surface area contributed by atoms with Crippen molar-refractivity contribution in [3.8, 4) is 0 Å². The second-order valence-corrected chi connectivity index (χ2v) is 3.62. The lowest BCUT2D eigenvalue weighted by atomic mass is 10.1. The highest BCUT2D eigenvalue weighted by Gasteiger charge is 2.08. The van der Waals surface area contributed by atoms with Crippen LogP contribution >= 0.6 is 0 Å². The molecular formula is C11H14FNO. The van der Waals surface area contributed by atoms with Gasteiger partial charge in [-0.1, -0.05) is 12.1 Å². The minimum atomic E-state index is -0.324. The number of likely N-dealkylation sites (N-methyl/N-ethyl adjacent to an activating group) is 1. The van der Waals surface area contributed by atoms with E-state index in [1.54, 1.807) is 24.0 Å². The standard InChI is InChI=1S/C11H14FNO/c1-8-4-5-9(6-10(8)12)11(14)7-13(2)3/h4-6H,7H2,1-3H3. The van der Waals surface area contributed by atoms with E-state index in [0.29, 0.717) is 17.7 Å². The fourth-order valence-corrected chi connectivity index (χ4v) is 1.14. The average Bonchev–Trinajstić information content (AvgIpc) is 2.08. The quantitative estimate of drug-likeness (QED) is 0.686. The summed E-state index contributed by atoms with van der Waals surface area (Å²) in [6.45, 7) is 1.98. The Kier molecular flexibility index (Phi) is 3.36. The lowest BCUT2D eigenvalue weighted by Crippen LogP contribution is -2.21. The van der Waals surface area contributed by atoms with E-state index in [9.17, 15) is 9.18 Å². The number of carbonyl (C=O) groups is 1. The summed E-state index contributed by atoms with van der Waals surface area (Å²) in [5.74, 6) is -0.386. The number of hydrogen-bond donors (Lipinski definition) is 0. The van der Waals surface area contributed by atoms with Gasteiger partial charge in [-0.2, -0.15) is 0 Å². The third kappa shape index (κ3) is 2.64. The first kappa shape index (κ1) is 10.9. The minimum absolute atomic E-state index is 0.0612. The maximum absolute atomic E-state index is 13.1. The van der Waals surface area contributed by atoms with Crippen molar-refractivity contribution >= 4 is 5.78 Å². The maximum atomic E-state index is 13.1. The number of hydrogen-bond acceptors (Lipinski definition) is 2. The van der Waals surface area contributed by atoms with Gasteiger partial charge in [0.1, 0.15) is 5.82 Å². The molecule has 0 unspecified atom stereocenters. The van der Waals surface area contributed by atoms with Crippen molar-refractivity contribution < 1.29 is 9.18 Å². The molecule has 0 radical (unpaired) electrons. The first-order valence-corrected chi connectivity index (χ1v) is 4.45. The number of aryl methyl sites for hydroxylation is 1. The lowest BCUT2D eigenvalue weighted by Gasteiger charge is -2.08. The Bertz CT molecular complexity index is 347. The molecule has 0 aliphatic carbocycles. The van der Waals surface area contributed by atoms with Crippen LogP contribution in [-0.2, 0) is 0 Å². The molecule has 0 fully saturated rings. The molecule has 0 aliphatic rings. The molecule has 1 aromatic rings. The second-order valence-electron chi connectivity index (χ2n) is 3.62. The van der Waals surface area contributed by atoms with Gasteiger partial charge < -0.3 is 4.90 Å². The summed E-state index contributed by atoms with van der Waals surface area (Å²) in [5, 5.41) is 0. The fraction of sp³-hybridized carbons (Fsp3) is 0.364. The van der Waals surface area contributed by atoms with Gasteiger partial charge in [-0.15, -0.1) is 0 Å². The van der Waals surface area contributed by atoms with Gasteiger partial charge in [0.05, 0.1) is 6.54 Å². The summed E-state index contributed by atoms with van der Waals surface area (Å²) in [6.07, 6.45) is 0. The van der Waals surface area contributed by atoms with E-state index >= 15 is 0 Å². The Labute approximate surface area is 83.3 Å². The van der Waals surface area contributed by atoms with Gasteiger partial charge in [0, 0.05) is 5.56 Å². The maximum Gasteiger partial charge on any atom is 0.176 e. The van der Waals surface area contributed by atoms with Crippen molar-refractivity contribution in [1.29, 1.82) is 0 Å². The highest BCUT2D eigenvalue weighted by atomic mass is 19.1. The molecule has 0 amide bonds. The molecular weight excluding hydrogens is 181 g/mol. The van der Waals surface area contributed by atoms with E-state index in [0.717, 1.165) is 0 Å². The summed E-state index contributed by atoms with van der Waals surface area (Å²) in [7, 11) is 3.62. The van der Waals surface area contributed by atoms with Gasteiger partial charge in [-0.25, -0.2) is 4.39 Å². The predicted octanol–water partition coefficient (Wildman–Crippen LogP) is 1.88. The van der Waals surface area contributed by atoms with E-state index in [1.807, 2.05) is 14.1 Å². The second kappa shape index (κ2) is 4.33. The molecule has 3 heteroatoms. The van der Waals surface area contributed by atoms with Gasteiger partial charge in [0.25, 0.3) is 0 Å². The highest BCUT2D eigenvalue weighted by molar-refractivity contribution is 5.97. The van der Waals surface area contributed by atoms with Crippen molar-refractivity contribution in [2.45, 2.75) is 6.92 Å². The topological polar surface area (TPSA) is 20.3 Å². The normalized spacial score (nSPS) is 10.6. The van der Waals surface area contributed by atoms with Crippen LogP contribution in [0.1, 0.15) is 15.9 Å². The molecule has 0 atom stereocenters. The van der Waals surface area contributed by atoms with Crippen molar-refractivity contribution in [2.24, 2.45) is 0 Å². The Morgan fingerprint density at radius 2 is 2.07 bits per heavy atom. The van der Waals surface area contributed by atoms with Crippen LogP contribution in [0.15, 0.2) is 18.2 Å². The Morgan fingerprint density at radius 1 is 1.43 bits per heavy atom. The van der Waals surface area contributed by atoms with Crippen LogP contribution < -0.4 is 0 Å². The zero-order chi connectivity index (χ0) is 10.7. The summed E-state index contributed by atoms with van der Waals surface area (Å²) in [6, 6.07) is 4.57. The summed E-state index contributed by atoms with van der Waals surface area (Å²) < 4.78 is 13.1. The molecule has 2 nitrogen and oxygen atoms in total. The number of carbonyl (C=O) groups excluding carboxylic acids is 1. The average molecular weight is 195 g/mol. The molecule has 0 spiro atoms. The van der Waals surface area contributed by atoms with E-state index in [1.165, 1.54) is 6.07 Å². The van der Waals surface area contributed by atoms with Crippen LogP contribution in [0.2, 0.25) is 0 Å². The zero-order valence-electron chi connectivity index (χ0n) is 8.67. The van der Waals surface area contributed by atoms with Gasteiger partial charge in [-0.3, -0.25) is 4.79 Å². The first-order valence-electron chi connectivity index (χ1n) is 4.45. The fourth-order valence-electron chi connectivity index (χ4n) is 1.14. The van der Waals surface area contributed by atoms with Gasteiger partial charge in [0.2, 0.25) is 0 Å². The Morgan fingerprint density at radius 3 is 2.57 bits per heavy atom. The number of benzene rings is 1. The van der Waals surface area contributed by atoms with Crippen molar-refractivity contribution in [3.05, 3.63) is 35.1 Å². The smallest absolute Gasteiger partial charge is 0.176 e. The third-order valence-electron chi connectivity index (χ3n) is 1.95. The van der Waals surface area contributed by atoms with Crippen LogP contribution in [0.5, 0.6) is 0 Å². The molecule has 1 aromatic carbocycles. The molecule has 0 aromatic heterocycles. The Hall–Kier alpha value is -1.22. The number of Topliss-reactive ketones (excluding diaryl/α,β-unsaturated/α-hetero) is 1. The van der Waals surface area contributed by atoms with Crippen LogP contribution in [-0.4, -0.2) is 31.3 Å². The monoisotopic (exact) mass is 195 g/mol. The molecule has 76 valence electrons. The minimum Gasteiger partial charge on any atom is -0.302 e. The largest absolute Gasteiger partial charge is 0.302 e. The molecule has 0 aliphatic heterocycles. The predicted molar refractivity (Wildman–Crippen MR) is 54.0 cm³/mol. The number of rotatable bonds is 3. The number of halogens is 1. The summed E-state index contributed by atoms with van der Waals surface area (Å²) in [4.78, 5) is 13.3. The van der Waals surface area contributed by atoms with Gasteiger partial charge in [-0.05, 0) is 32.6 Å². The molecule has 0 saturated carbocycles. The molecule has 0 bridgehead atoms. The Balaban J connectivity index is 2.86. The SMILES string of the molecule is Cc1ccc(C(=O)CN(C)C)cc1F. The number of nitrogens with zero attached hydrogens (tertiary/aromatic N) is 1. The van der Waals surface area contributed by atoms with E-state index in [2.05, 4.69) is 0 Å². The molecule has 0 N–H and O–H groups in total. The molecule has 14 heavy (non-hydrogen) atoms. The first-order chi connectivity index (χ1) is 6.50. The summed E-state index contributed by atoms with van der Waals surface area (Å²) >= 11 is 0.